The zero-order chi connectivity index (χ0) is 13.9. The van der Waals surface area contributed by atoms with E-state index in [9.17, 15) is 8.42 Å². The number of nitrogens with one attached hydrogen (secondary N) is 1. The predicted octanol–water partition coefficient (Wildman–Crippen LogP) is 1.60. The van der Waals surface area contributed by atoms with Gasteiger partial charge in [-0.15, -0.1) is 0 Å². The van der Waals surface area contributed by atoms with E-state index in [1.807, 2.05) is 24.3 Å². The number of hydrogen-bond donors (Lipinski definition) is 2. The smallest absolute Gasteiger partial charge is 0.152 e. The second-order valence-corrected chi connectivity index (χ2v) is 7.48. The van der Waals surface area contributed by atoms with Crippen molar-refractivity contribution in [2.75, 3.05) is 18.2 Å². The van der Waals surface area contributed by atoms with Crippen LogP contribution in [0.1, 0.15) is 24.8 Å². The highest BCUT2D eigenvalue weighted by atomic mass is 32.2. The molecule has 5 heteroatoms. The highest BCUT2D eigenvalue weighted by Crippen LogP contribution is 2.28. The van der Waals surface area contributed by atoms with Crippen LogP contribution in [-0.2, 0) is 16.3 Å². The maximum Gasteiger partial charge on any atom is 0.152 e. The third-order valence-electron chi connectivity index (χ3n) is 3.71. The van der Waals surface area contributed by atoms with Gasteiger partial charge >= 0.3 is 0 Å². The molecule has 2 atom stereocenters. The number of aliphatic hydroxyl groups excluding tert-OH is 1. The van der Waals surface area contributed by atoms with Gasteiger partial charge in [-0.2, -0.15) is 0 Å². The van der Waals surface area contributed by atoms with Crippen LogP contribution in [-0.4, -0.2) is 37.7 Å². The van der Waals surface area contributed by atoms with Crippen molar-refractivity contribution in [3.63, 3.8) is 0 Å². The average molecular weight is 283 g/mol. The molecule has 1 aromatic carbocycles. The van der Waals surface area contributed by atoms with Crippen molar-refractivity contribution in [1.82, 2.24) is 0 Å². The summed E-state index contributed by atoms with van der Waals surface area (Å²) in [5.74, 6) is 0. The largest absolute Gasteiger partial charge is 0.396 e. The molecule has 0 heterocycles. The third kappa shape index (κ3) is 3.70. The number of anilines is 1. The lowest BCUT2D eigenvalue weighted by atomic mass is 10.1. The van der Waals surface area contributed by atoms with Crippen molar-refractivity contribution in [1.29, 1.82) is 0 Å². The molecule has 0 saturated heterocycles. The van der Waals surface area contributed by atoms with Gasteiger partial charge in [0.05, 0.1) is 5.25 Å². The van der Waals surface area contributed by atoms with Crippen LogP contribution in [0.4, 0.5) is 5.69 Å². The Morgan fingerprint density at radius 2 is 1.95 bits per heavy atom. The van der Waals surface area contributed by atoms with Crippen molar-refractivity contribution in [2.45, 2.75) is 37.0 Å². The Hall–Kier alpha value is -1.07. The molecule has 1 aliphatic carbocycles. The fourth-order valence-electron chi connectivity index (χ4n) is 2.71. The van der Waals surface area contributed by atoms with Crippen molar-refractivity contribution < 1.29 is 13.5 Å². The van der Waals surface area contributed by atoms with Crippen LogP contribution in [0.25, 0.3) is 0 Å². The average Bonchev–Trinajstić information content (AvgIpc) is 2.80. The van der Waals surface area contributed by atoms with Crippen LogP contribution in [0.3, 0.4) is 0 Å². The van der Waals surface area contributed by atoms with Gasteiger partial charge in [0.1, 0.15) is 0 Å². The van der Waals surface area contributed by atoms with Gasteiger partial charge in [0, 0.05) is 24.6 Å². The van der Waals surface area contributed by atoms with Gasteiger partial charge in [0.25, 0.3) is 0 Å². The van der Waals surface area contributed by atoms with Crippen LogP contribution in [0.15, 0.2) is 24.3 Å². The first-order valence-electron chi connectivity index (χ1n) is 6.66. The lowest BCUT2D eigenvalue weighted by Crippen LogP contribution is -2.34. The Kier molecular flexibility index (Phi) is 4.47. The molecule has 4 nitrogen and oxygen atoms in total. The van der Waals surface area contributed by atoms with Crippen LogP contribution in [0.5, 0.6) is 0 Å². The summed E-state index contributed by atoms with van der Waals surface area (Å²) in [6, 6.07) is 7.83. The molecule has 0 bridgehead atoms. The van der Waals surface area contributed by atoms with E-state index in [-0.39, 0.29) is 17.9 Å². The standard InChI is InChI=1S/C14H21NO3S/c1-19(17,18)14-4-2-3-13(14)15-12-7-5-11(6-8-12)9-10-16/h5-8,13-16H,2-4,9-10H2,1H3. The lowest BCUT2D eigenvalue weighted by molar-refractivity contribution is 0.299. The molecule has 2 rings (SSSR count). The number of benzene rings is 1. The Balaban J connectivity index is 2.04. The van der Waals surface area contributed by atoms with Crippen LogP contribution in [0.2, 0.25) is 0 Å². The first kappa shape index (κ1) is 14.3. The van der Waals surface area contributed by atoms with Crippen molar-refractivity contribution >= 4 is 15.5 Å². The summed E-state index contributed by atoms with van der Waals surface area (Å²) in [5.41, 5.74) is 2.03. The van der Waals surface area contributed by atoms with E-state index >= 15 is 0 Å². The fraction of sp³-hybridized carbons (Fsp3) is 0.571. The summed E-state index contributed by atoms with van der Waals surface area (Å²) in [5, 5.41) is 11.9. The zero-order valence-electron chi connectivity index (χ0n) is 11.2. The molecule has 19 heavy (non-hydrogen) atoms. The Morgan fingerprint density at radius 1 is 1.26 bits per heavy atom. The molecule has 0 spiro atoms. The maximum atomic E-state index is 11.7. The molecule has 2 unspecified atom stereocenters. The molecular weight excluding hydrogens is 262 g/mol. The van der Waals surface area contributed by atoms with E-state index in [0.29, 0.717) is 6.42 Å². The molecule has 0 aromatic heterocycles. The molecule has 1 fully saturated rings. The van der Waals surface area contributed by atoms with Gasteiger partial charge in [0.2, 0.25) is 0 Å². The normalized spacial score (nSPS) is 23.5. The van der Waals surface area contributed by atoms with Crippen LogP contribution < -0.4 is 5.32 Å². The van der Waals surface area contributed by atoms with E-state index < -0.39 is 9.84 Å². The topological polar surface area (TPSA) is 66.4 Å². The maximum absolute atomic E-state index is 11.7. The minimum absolute atomic E-state index is 0.0127. The molecule has 2 N–H and O–H groups in total. The summed E-state index contributed by atoms with van der Waals surface area (Å²) < 4.78 is 23.4. The Morgan fingerprint density at radius 3 is 2.53 bits per heavy atom. The first-order valence-corrected chi connectivity index (χ1v) is 8.61. The van der Waals surface area contributed by atoms with Gasteiger partial charge in [-0.1, -0.05) is 12.1 Å². The van der Waals surface area contributed by atoms with Gasteiger partial charge in [-0.3, -0.25) is 0 Å². The number of rotatable bonds is 5. The monoisotopic (exact) mass is 283 g/mol. The second-order valence-electron chi connectivity index (χ2n) is 5.22. The predicted molar refractivity (Wildman–Crippen MR) is 77.1 cm³/mol. The fourth-order valence-corrected chi connectivity index (χ4v) is 4.11. The molecule has 0 amide bonds. The van der Waals surface area contributed by atoms with Crippen LogP contribution in [0, 0.1) is 0 Å². The lowest BCUT2D eigenvalue weighted by Gasteiger charge is -2.20. The van der Waals surface area contributed by atoms with E-state index in [0.717, 1.165) is 30.5 Å². The minimum Gasteiger partial charge on any atom is -0.396 e. The molecule has 1 aromatic rings. The SMILES string of the molecule is CS(=O)(=O)C1CCCC1Nc1ccc(CCO)cc1. The van der Waals surface area contributed by atoms with E-state index in [1.54, 1.807) is 0 Å². The molecule has 1 aliphatic rings. The highest BCUT2D eigenvalue weighted by molar-refractivity contribution is 7.91. The summed E-state index contributed by atoms with van der Waals surface area (Å²) >= 11 is 0. The summed E-state index contributed by atoms with van der Waals surface area (Å²) in [6.45, 7) is 0.144. The molecular formula is C14H21NO3S. The van der Waals surface area contributed by atoms with Crippen molar-refractivity contribution in [3.8, 4) is 0 Å². The van der Waals surface area contributed by atoms with Gasteiger partial charge < -0.3 is 10.4 Å². The molecule has 0 radical (unpaired) electrons. The van der Waals surface area contributed by atoms with E-state index in [2.05, 4.69) is 5.32 Å². The minimum atomic E-state index is -2.98. The number of aliphatic hydroxyl groups is 1. The first-order chi connectivity index (χ1) is 9.00. The van der Waals surface area contributed by atoms with E-state index in [1.165, 1.54) is 6.26 Å². The zero-order valence-corrected chi connectivity index (χ0v) is 12.0. The Bertz CT molecular complexity index is 510. The van der Waals surface area contributed by atoms with Gasteiger partial charge in [0.15, 0.2) is 9.84 Å². The molecule has 1 saturated carbocycles. The molecule has 0 aliphatic heterocycles. The van der Waals surface area contributed by atoms with E-state index in [4.69, 9.17) is 5.11 Å². The number of hydrogen-bond acceptors (Lipinski definition) is 4. The molecule has 106 valence electrons. The van der Waals surface area contributed by atoms with Crippen molar-refractivity contribution in [3.05, 3.63) is 29.8 Å². The van der Waals surface area contributed by atoms with Gasteiger partial charge in [-0.05, 0) is 43.4 Å². The highest BCUT2D eigenvalue weighted by Gasteiger charge is 2.34. The van der Waals surface area contributed by atoms with Crippen molar-refractivity contribution in [2.24, 2.45) is 0 Å². The Labute approximate surface area is 114 Å². The third-order valence-corrected chi connectivity index (χ3v) is 5.37. The summed E-state index contributed by atoms with van der Waals surface area (Å²) in [6.07, 6.45) is 4.57. The number of sulfone groups is 1. The summed E-state index contributed by atoms with van der Waals surface area (Å²) in [4.78, 5) is 0. The van der Waals surface area contributed by atoms with Crippen LogP contribution >= 0.6 is 0 Å². The summed E-state index contributed by atoms with van der Waals surface area (Å²) in [7, 11) is -2.98. The van der Waals surface area contributed by atoms with Gasteiger partial charge in [-0.25, -0.2) is 8.42 Å². The second kappa shape index (κ2) is 5.92. The quantitative estimate of drug-likeness (QED) is 0.861.